The number of carbonyl (C=O) groups is 1. The second-order valence-electron chi connectivity index (χ2n) is 4.29. The molecule has 2 heteroatoms. The van der Waals surface area contributed by atoms with Crippen LogP contribution in [0, 0.1) is 0 Å². The van der Waals surface area contributed by atoms with Gasteiger partial charge in [0.1, 0.15) is 5.78 Å². The smallest absolute Gasteiger partial charge is 0.147 e. The highest BCUT2D eigenvalue weighted by atomic mass is 16.1. The second-order valence-corrected chi connectivity index (χ2v) is 4.29. The molecule has 0 heterocycles. The maximum atomic E-state index is 11.5. The van der Waals surface area contributed by atoms with Crippen LogP contribution < -0.4 is 5.32 Å². The van der Waals surface area contributed by atoms with Crippen molar-refractivity contribution in [3.8, 4) is 0 Å². The van der Waals surface area contributed by atoms with Crippen LogP contribution in [0.1, 0.15) is 26.3 Å². The Morgan fingerprint density at radius 1 is 1.11 bits per heavy atom. The van der Waals surface area contributed by atoms with Crippen LogP contribution in [0.15, 0.2) is 42.5 Å². The Morgan fingerprint density at radius 2 is 1.74 bits per heavy atom. The van der Waals surface area contributed by atoms with Crippen LogP contribution in [-0.4, -0.2) is 18.9 Å². The first kappa shape index (κ1) is 15.4. The minimum atomic E-state index is -0.0965. The molecule has 1 unspecified atom stereocenters. The summed E-state index contributed by atoms with van der Waals surface area (Å²) in [5, 5.41) is 5.52. The van der Waals surface area contributed by atoms with Crippen LogP contribution in [0.4, 0.5) is 0 Å². The lowest BCUT2D eigenvalue weighted by Crippen LogP contribution is -2.34. The first-order valence-electron chi connectivity index (χ1n) is 6.86. The van der Waals surface area contributed by atoms with Crippen LogP contribution in [0.25, 0.3) is 10.8 Å². The molecule has 2 aromatic carbocycles. The predicted molar refractivity (Wildman–Crippen MR) is 82.5 cm³/mol. The van der Waals surface area contributed by atoms with Crippen molar-refractivity contribution >= 4 is 16.6 Å². The Morgan fingerprint density at radius 3 is 2.37 bits per heavy atom. The number of Topliss-reactive ketones (excluding diaryl/α,β-unsaturated/α-hetero) is 1. The molecule has 0 aromatic heterocycles. The second kappa shape index (κ2) is 7.70. The van der Waals surface area contributed by atoms with Crippen molar-refractivity contribution in [1.29, 1.82) is 0 Å². The summed E-state index contributed by atoms with van der Waals surface area (Å²) in [5.41, 5.74) is 1.22. The van der Waals surface area contributed by atoms with E-state index in [1.165, 1.54) is 16.3 Å². The van der Waals surface area contributed by atoms with Gasteiger partial charge in [0.25, 0.3) is 0 Å². The van der Waals surface area contributed by atoms with E-state index in [1.54, 1.807) is 6.92 Å². The van der Waals surface area contributed by atoms with Crippen molar-refractivity contribution in [3.05, 3.63) is 48.0 Å². The van der Waals surface area contributed by atoms with E-state index in [0.29, 0.717) is 0 Å². The van der Waals surface area contributed by atoms with Crippen molar-refractivity contribution in [1.82, 2.24) is 5.32 Å². The van der Waals surface area contributed by atoms with Crippen molar-refractivity contribution in [3.63, 3.8) is 0 Å². The molecule has 0 bridgehead atoms. The van der Waals surface area contributed by atoms with E-state index in [1.807, 2.05) is 39.1 Å². The van der Waals surface area contributed by atoms with E-state index < -0.39 is 0 Å². The summed E-state index contributed by atoms with van der Waals surface area (Å²) in [6.45, 7) is 5.63. The monoisotopic (exact) mass is 257 g/mol. The first-order chi connectivity index (χ1) is 9.22. The zero-order valence-electron chi connectivity index (χ0n) is 12.2. The summed E-state index contributed by atoms with van der Waals surface area (Å²) in [6, 6.07) is 14.4. The van der Waals surface area contributed by atoms with Crippen LogP contribution in [0.3, 0.4) is 0 Å². The third kappa shape index (κ3) is 3.90. The predicted octanol–water partition coefficient (Wildman–Crippen LogP) is 3.59. The molecule has 1 atom stereocenters. The number of hydrogen-bond acceptors (Lipinski definition) is 2. The molecule has 19 heavy (non-hydrogen) atoms. The first-order valence-corrected chi connectivity index (χ1v) is 6.86. The molecule has 0 aliphatic rings. The third-order valence-corrected chi connectivity index (χ3v) is 3.14. The fraction of sp³-hybridized carbons (Fsp3) is 0.353. The Kier molecular flexibility index (Phi) is 6.23. The standard InChI is InChI=1S/C15H17NO.C2H6/c1-11(17)15(16-2)10-13-8-5-7-12-6-3-4-9-14(12)13;1-2/h3-9,15-16H,10H2,1-2H3;1-2H3. The zero-order valence-corrected chi connectivity index (χ0v) is 12.2. The number of ketones is 1. The van der Waals surface area contributed by atoms with Crippen LogP contribution >= 0.6 is 0 Å². The third-order valence-electron chi connectivity index (χ3n) is 3.14. The van der Waals surface area contributed by atoms with E-state index in [0.717, 1.165) is 6.42 Å². The van der Waals surface area contributed by atoms with E-state index >= 15 is 0 Å². The normalized spacial score (nSPS) is 11.6. The van der Waals surface area contributed by atoms with Gasteiger partial charge in [-0.05, 0) is 36.7 Å². The SMILES string of the molecule is CC.CNC(Cc1cccc2ccccc12)C(C)=O. The Labute approximate surface area is 115 Å². The summed E-state index contributed by atoms with van der Waals surface area (Å²) in [7, 11) is 1.83. The highest BCUT2D eigenvalue weighted by molar-refractivity contribution is 5.87. The van der Waals surface area contributed by atoms with Gasteiger partial charge in [-0.25, -0.2) is 0 Å². The summed E-state index contributed by atoms with van der Waals surface area (Å²) in [6.07, 6.45) is 0.743. The van der Waals surface area contributed by atoms with Crippen molar-refractivity contribution in [2.45, 2.75) is 33.2 Å². The number of rotatable bonds is 4. The van der Waals surface area contributed by atoms with Crippen molar-refractivity contribution in [2.75, 3.05) is 7.05 Å². The summed E-state index contributed by atoms with van der Waals surface area (Å²) in [5.74, 6) is 0.181. The van der Waals surface area contributed by atoms with E-state index in [2.05, 4.69) is 29.6 Å². The summed E-state index contributed by atoms with van der Waals surface area (Å²) in [4.78, 5) is 11.5. The number of fused-ring (bicyclic) bond motifs is 1. The van der Waals surface area contributed by atoms with Crippen LogP contribution in [0.5, 0.6) is 0 Å². The molecule has 0 aliphatic carbocycles. The molecule has 0 radical (unpaired) electrons. The molecule has 2 rings (SSSR count). The van der Waals surface area contributed by atoms with E-state index in [-0.39, 0.29) is 11.8 Å². The topological polar surface area (TPSA) is 29.1 Å². The zero-order chi connectivity index (χ0) is 14.3. The average Bonchev–Trinajstić information content (AvgIpc) is 2.46. The largest absolute Gasteiger partial charge is 0.310 e. The molecule has 102 valence electrons. The van der Waals surface area contributed by atoms with Crippen molar-refractivity contribution < 1.29 is 4.79 Å². The number of carbonyl (C=O) groups excluding carboxylic acids is 1. The van der Waals surface area contributed by atoms with E-state index in [4.69, 9.17) is 0 Å². The van der Waals surface area contributed by atoms with Gasteiger partial charge in [0.2, 0.25) is 0 Å². The molecule has 0 saturated heterocycles. The molecule has 0 amide bonds. The number of nitrogens with one attached hydrogen (secondary N) is 1. The summed E-state index contributed by atoms with van der Waals surface area (Å²) < 4.78 is 0. The minimum absolute atomic E-state index is 0.0965. The molecular weight excluding hydrogens is 234 g/mol. The molecule has 0 fully saturated rings. The maximum absolute atomic E-state index is 11.5. The van der Waals surface area contributed by atoms with Gasteiger partial charge in [-0.3, -0.25) is 4.79 Å². The van der Waals surface area contributed by atoms with Gasteiger partial charge in [0.05, 0.1) is 6.04 Å². The lowest BCUT2D eigenvalue weighted by molar-refractivity contribution is -0.118. The molecule has 1 N–H and O–H groups in total. The number of benzene rings is 2. The van der Waals surface area contributed by atoms with Crippen LogP contribution in [-0.2, 0) is 11.2 Å². The highest BCUT2D eigenvalue weighted by Gasteiger charge is 2.13. The van der Waals surface area contributed by atoms with Gasteiger partial charge in [-0.1, -0.05) is 56.3 Å². The Balaban J connectivity index is 0.000000861. The van der Waals surface area contributed by atoms with Gasteiger partial charge in [0, 0.05) is 0 Å². The molecule has 0 aliphatic heterocycles. The lowest BCUT2D eigenvalue weighted by atomic mass is 9.97. The maximum Gasteiger partial charge on any atom is 0.147 e. The molecule has 0 spiro atoms. The summed E-state index contributed by atoms with van der Waals surface area (Å²) >= 11 is 0. The fourth-order valence-electron chi connectivity index (χ4n) is 2.14. The van der Waals surface area contributed by atoms with Gasteiger partial charge >= 0.3 is 0 Å². The number of hydrogen-bond donors (Lipinski definition) is 1. The highest BCUT2D eigenvalue weighted by Crippen LogP contribution is 2.19. The molecular formula is C17H23NO. The van der Waals surface area contributed by atoms with Gasteiger partial charge in [-0.2, -0.15) is 0 Å². The Hall–Kier alpha value is -1.67. The quantitative estimate of drug-likeness (QED) is 0.907. The lowest BCUT2D eigenvalue weighted by Gasteiger charge is -2.14. The molecule has 2 aromatic rings. The number of likely N-dealkylation sites (N-methyl/N-ethyl adjacent to an activating group) is 1. The van der Waals surface area contributed by atoms with Crippen LogP contribution in [0.2, 0.25) is 0 Å². The molecule has 2 nitrogen and oxygen atoms in total. The van der Waals surface area contributed by atoms with Gasteiger partial charge in [-0.15, -0.1) is 0 Å². The average molecular weight is 257 g/mol. The Bertz CT molecular complexity index is 528. The minimum Gasteiger partial charge on any atom is -0.310 e. The van der Waals surface area contributed by atoms with Gasteiger partial charge < -0.3 is 5.32 Å². The molecule has 0 saturated carbocycles. The fourth-order valence-corrected chi connectivity index (χ4v) is 2.14. The van der Waals surface area contributed by atoms with Gasteiger partial charge in [0.15, 0.2) is 0 Å². The van der Waals surface area contributed by atoms with Crippen molar-refractivity contribution in [2.24, 2.45) is 0 Å². The van der Waals surface area contributed by atoms with E-state index in [9.17, 15) is 4.79 Å².